The van der Waals surface area contributed by atoms with E-state index in [2.05, 4.69) is 11.9 Å². The highest BCUT2D eigenvalue weighted by atomic mass is 16.5. The van der Waals surface area contributed by atoms with Crippen LogP contribution in [-0.2, 0) is 9.47 Å². The smallest absolute Gasteiger partial charge is 0.0591 e. The Morgan fingerprint density at radius 1 is 1.38 bits per heavy atom. The molecule has 0 amide bonds. The Balaban J connectivity index is 1.72. The van der Waals surface area contributed by atoms with Crippen LogP contribution in [0.3, 0.4) is 0 Å². The molecule has 3 nitrogen and oxygen atoms in total. The maximum absolute atomic E-state index is 5.56. The van der Waals surface area contributed by atoms with Crippen LogP contribution in [0.1, 0.15) is 32.1 Å². The van der Waals surface area contributed by atoms with Crippen molar-refractivity contribution in [3.05, 3.63) is 12.7 Å². The minimum absolute atomic E-state index is 0.533. The topological polar surface area (TPSA) is 30.5 Å². The number of ether oxygens (including phenoxy) is 2. The lowest BCUT2D eigenvalue weighted by Gasteiger charge is -2.09. The van der Waals surface area contributed by atoms with Crippen molar-refractivity contribution < 1.29 is 9.47 Å². The van der Waals surface area contributed by atoms with Gasteiger partial charge >= 0.3 is 0 Å². The summed E-state index contributed by atoms with van der Waals surface area (Å²) in [7, 11) is 0. The molecule has 1 N–H and O–H groups in total. The molecule has 1 unspecified atom stereocenters. The molecule has 3 heteroatoms. The van der Waals surface area contributed by atoms with E-state index in [9.17, 15) is 0 Å². The van der Waals surface area contributed by atoms with Crippen molar-refractivity contribution in [2.45, 2.75) is 38.2 Å². The van der Waals surface area contributed by atoms with Gasteiger partial charge in [-0.25, -0.2) is 0 Å². The summed E-state index contributed by atoms with van der Waals surface area (Å²) in [5, 5.41) is 3.38. The second-order valence-corrected chi connectivity index (χ2v) is 4.22. The van der Waals surface area contributed by atoms with Gasteiger partial charge in [-0.2, -0.15) is 0 Å². The van der Waals surface area contributed by atoms with Gasteiger partial charge in [0.25, 0.3) is 0 Å². The monoisotopic (exact) mass is 227 g/mol. The Morgan fingerprint density at radius 3 is 3.06 bits per heavy atom. The van der Waals surface area contributed by atoms with Gasteiger partial charge in [-0.05, 0) is 38.6 Å². The minimum atomic E-state index is 0.533. The van der Waals surface area contributed by atoms with Gasteiger partial charge in [0.2, 0.25) is 0 Å². The quantitative estimate of drug-likeness (QED) is 0.458. The third-order valence-corrected chi connectivity index (χ3v) is 2.79. The van der Waals surface area contributed by atoms with Crippen molar-refractivity contribution in [1.82, 2.24) is 5.32 Å². The second kappa shape index (κ2) is 9.82. The zero-order chi connectivity index (χ0) is 11.5. The molecule has 1 aliphatic rings. The molecule has 0 bridgehead atoms. The highest BCUT2D eigenvalue weighted by Crippen LogP contribution is 2.16. The van der Waals surface area contributed by atoms with E-state index in [1.165, 1.54) is 25.7 Å². The van der Waals surface area contributed by atoms with Crippen LogP contribution in [0.15, 0.2) is 12.7 Å². The van der Waals surface area contributed by atoms with Crippen molar-refractivity contribution in [1.29, 1.82) is 0 Å². The molecular formula is C13H25NO2. The van der Waals surface area contributed by atoms with E-state index in [0.717, 1.165) is 39.3 Å². The molecule has 16 heavy (non-hydrogen) atoms. The van der Waals surface area contributed by atoms with Crippen molar-refractivity contribution >= 4 is 0 Å². The summed E-state index contributed by atoms with van der Waals surface area (Å²) in [6, 6.07) is 0. The van der Waals surface area contributed by atoms with E-state index in [4.69, 9.17) is 9.47 Å². The van der Waals surface area contributed by atoms with E-state index in [0.29, 0.717) is 6.10 Å². The highest BCUT2D eigenvalue weighted by Gasteiger charge is 2.13. The van der Waals surface area contributed by atoms with Gasteiger partial charge in [0, 0.05) is 13.2 Å². The van der Waals surface area contributed by atoms with E-state index in [1.807, 2.05) is 6.08 Å². The predicted molar refractivity (Wildman–Crippen MR) is 66.7 cm³/mol. The molecule has 0 saturated carbocycles. The predicted octanol–water partition coefficient (Wildman–Crippen LogP) is 2.13. The average molecular weight is 227 g/mol. The van der Waals surface area contributed by atoms with Gasteiger partial charge < -0.3 is 14.8 Å². The summed E-state index contributed by atoms with van der Waals surface area (Å²) in [6.45, 7) is 8.23. The minimum Gasteiger partial charge on any atom is -0.380 e. The molecule has 1 atom stereocenters. The Bertz CT molecular complexity index is 167. The fourth-order valence-corrected chi connectivity index (χ4v) is 1.86. The first-order valence-electron chi connectivity index (χ1n) is 6.44. The first-order valence-corrected chi connectivity index (χ1v) is 6.44. The van der Waals surface area contributed by atoms with Crippen molar-refractivity contribution in [2.24, 2.45) is 0 Å². The zero-order valence-electron chi connectivity index (χ0n) is 10.2. The van der Waals surface area contributed by atoms with Gasteiger partial charge in [0.1, 0.15) is 0 Å². The summed E-state index contributed by atoms with van der Waals surface area (Å²) in [6.07, 6.45) is 8.26. The average Bonchev–Trinajstić information content (AvgIpc) is 2.80. The molecule has 94 valence electrons. The van der Waals surface area contributed by atoms with Gasteiger partial charge in [-0.3, -0.25) is 0 Å². The van der Waals surface area contributed by atoms with E-state index in [1.54, 1.807) is 0 Å². The van der Waals surface area contributed by atoms with E-state index >= 15 is 0 Å². The lowest BCUT2D eigenvalue weighted by atomic mass is 10.1. The number of rotatable bonds is 10. The van der Waals surface area contributed by atoms with Crippen LogP contribution in [0, 0.1) is 0 Å². The largest absolute Gasteiger partial charge is 0.380 e. The van der Waals surface area contributed by atoms with Crippen LogP contribution in [0.5, 0.6) is 0 Å². The normalized spacial score (nSPS) is 20.1. The highest BCUT2D eigenvalue weighted by molar-refractivity contribution is 4.65. The summed E-state index contributed by atoms with van der Waals surface area (Å²) in [4.78, 5) is 0. The Labute approximate surface area is 99.2 Å². The van der Waals surface area contributed by atoms with Crippen LogP contribution < -0.4 is 5.32 Å². The third kappa shape index (κ3) is 6.99. The van der Waals surface area contributed by atoms with Gasteiger partial charge in [0.05, 0.1) is 19.3 Å². The maximum atomic E-state index is 5.56. The van der Waals surface area contributed by atoms with Crippen LogP contribution in [0.2, 0.25) is 0 Å². The molecule has 0 radical (unpaired) electrons. The van der Waals surface area contributed by atoms with Crippen LogP contribution in [-0.4, -0.2) is 39.0 Å². The van der Waals surface area contributed by atoms with Gasteiger partial charge in [-0.1, -0.05) is 6.08 Å². The zero-order valence-corrected chi connectivity index (χ0v) is 10.2. The Kier molecular flexibility index (Phi) is 8.40. The second-order valence-electron chi connectivity index (χ2n) is 4.22. The van der Waals surface area contributed by atoms with Gasteiger partial charge in [-0.15, -0.1) is 6.58 Å². The van der Waals surface area contributed by atoms with Crippen LogP contribution in [0.4, 0.5) is 0 Å². The van der Waals surface area contributed by atoms with Crippen LogP contribution in [0.25, 0.3) is 0 Å². The molecule has 1 aliphatic heterocycles. The molecule has 1 heterocycles. The first-order chi connectivity index (χ1) is 7.93. The molecular weight excluding hydrogens is 202 g/mol. The van der Waals surface area contributed by atoms with Gasteiger partial charge in [0.15, 0.2) is 0 Å². The molecule has 1 fully saturated rings. The fourth-order valence-electron chi connectivity index (χ4n) is 1.86. The summed E-state index contributed by atoms with van der Waals surface area (Å²) >= 11 is 0. The summed E-state index contributed by atoms with van der Waals surface area (Å²) in [5.74, 6) is 0. The molecule has 0 aliphatic carbocycles. The number of nitrogens with one attached hydrogen (secondary N) is 1. The molecule has 1 rings (SSSR count). The third-order valence-electron chi connectivity index (χ3n) is 2.79. The molecule has 0 spiro atoms. The SMILES string of the molecule is C=CCCOCCNCCCC1CCCO1. The van der Waals surface area contributed by atoms with Crippen molar-refractivity contribution in [3.63, 3.8) is 0 Å². The molecule has 0 aromatic rings. The maximum Gasteiger partial charge on any atom is 0.0591 e. The van der Waals surface area contributed by atoms with E-state index in [-0.39, 0.29) is 0 Å². The number of hydrogen-bond acceptors (Lipinski definition) is 3. The molecule has 1 saturated heterocycles. The lowest BCUT2D eigenvalue weighted by molar-refractivity contribution is 0.102. The molecule has 0 aromatic carbocycles. The first kappa shape index (κ1) is 13.7. The molecule has 0 aromatic heterocycles. The Morgan fingerprint density at radius 2 is 2.31 bits per heavy atom. The fraction of sp³-hybridized carbons (Fsp3) is 0.846. The van der Waals surface area contributed by atoms with Crippen molar-refractivity contribution in [2.75, 3.05) is 32.9 Å². The van der Waals surface area contributed by atoms with E-state index < -0.39 is 0 Å². The Hall–Kier alpha value is -0.380. The standard InChI is InChI=1S/C13H25NO2/c1-2-3-10-15-12-9-14-8-4-6-13-7-5-11-16-13/h2,13-14H,1,3-12H2. The summed E-state index contributed by atoms with van der Waals surface area (Å²) in [5.41, 5.74) is 0. The summed E-state index contributed by atoms with van der Waals surface area (Å²) < 4.78 is 11.0. The van der Waals surface area contributed by atoms with Crippen molar-refractivity contribution in [3.8, 4) is 0 Å². The lowest BCUT2D eigenvalue weighted by Crippen LogP contribution is -2.22. The number of hydrogen-bond donors (Lipinski definition) is 1. The van der Waals surface area contributed by atoms with Crippen LogP contribution >= 0.6 is 0 Å².